The summed E-state index contributed by atoms with van der Waals surface area (Å²) in [6.07, 6.45) is 3.23. The predicted molar refractivity (Wildman–Crippen MR) is 101 cm³/mol. The molecule has 4 saturated heterocycles. The molecule has 0 amide bonds. The topological polar surface area (TPSA) is 58.6 Å². The smallest absolute Gasteiger partial charge is 0.321 e. The van der Waals surface area contributed by atoms with Gasteiger partial charge in [-0.2, -0.15) is 0 Å². The Morgan fingerprint density at radius 3 is 2.93 bits per heavy atom. The van der Waals surface area contributed by atoms with Gasteiger partial charge in [0, 0.05) is 24.4 Å². The van der Waals surface area contributed by atoms with Crippen LogP contribution in [0.1, 0.15) is 25.3 Å². The molecule has 0 aromatic heterocycles. The van der Waals surface area contributed by atoms with Gasteiger partial charge in [0.1, 0.15) is 18.6 Å². The molecule has 27 heavy (non-hydrogen) atoms. The minimum absolute atomic E-state index is 0.0823. The number of rotatable bonds is 1. The number of para-hydroxylation sites is 1. The number of fused-ring (bicyclic) bond motifs is 2. The lowest BCUT2D eigenvalue weighted by atomic mass is 9.57. The summed E-state index contributed by atoms with van der Waals surface area (Å²) in [6.45, 7) is 3.05. The number of carbonyl (C=O) groups is 1. The number of hydrogen-bond donors (Lipinski definition) is 2. The highest BCUT2D eigenvalue weighted by atomic mass is 16.5. The fourth-order valence-electron chi connectivity index (χ4n) is 8.23. The molecule has 5 nitrogen and oxygen atoms in total. The molecule has 5 heterocycles. The first-order valence-electron chi connectivity index (χ1n) is 10.1. The molecule has 142 valence electrons. The van der Waals surface area contributed by atoms with Gasteiger partial charge in [0.25, 0.3) is 0 Å². The Bertz CT molecular complexity index is 913. The molecular formula is C22H27N2O3+. The van der Waals surface area contributed by atoms with Crippen LogP contribution in [-0.2, 0) is 14.9 Å². The Morgan fingerprint density at radius 2 is 2.19 bits per heavy atom. The minimum Gasteiger partial charge on any atom is -0.468 e. The van der Waals surface area contributed by atoms with Crippen molar-refractivity contribution < 1.29 is 19.1 Å². The summed E-state index contributed by atoms with van der Waals surface area (Å²) in [5.41, 5.74) is 2.41. The van der Waals surface area contributed by atoms with Crippen LogP contribution in [0.3, 0.4) is 0 Å². The zero-order valence-electron chi connectivity index (χ0n) is 16.1. The van der Waals surface area contributed by atoms with E-state index in [1.165, 1.54) is 18.2 Å². The van der Waals surface area contributed by atoms with Crippen molar-refractivity contribution in [3.8, 4) is 0 Å². The van der Waals surface area contributed by atoms with Crippen molar-refractivity contribution in [1.29, 1.82) is 0 Å². The van der Waals surface area contributed by atoms with Crippen molar-refractivity contribution in [2.75, 3.05) is 26.0 Å². The van der Waals surface area contributed by atoms with Gasteiger partial charge in [-0.15, -0.1) is 0 Å². The molecule has 5 aliphatic heterocycles. The number of esters is 1. The van der Waals surface area contributed by atoms with E-state index in [0.29, 0.717) is 6.04 Å². The van der Waals surface area contributed by atoms with Crippen molar-refractivity contribution in [3.63, 3.8) is 0 Å². The second kappa shape index (κ2) is 4.58. The molecule has 1 aliphatic carbocycles. The summed E-state index contributed by atoms with van der Waals surface area (Å²) in [4.78, 5) is 13.4. The number of piperidine rings is 4. The average Bonchev–Trinajstić information content (AvgIpc) is 3.13. The van der Waals surface area contributed by atoms with Crippen LogP contribution < -0.4 is 5.32 Å². The predicted octanol–water partition coefficient (Wildman–Crippen LogP) is 1.82. The number of methoxy groups -OCH3 is 1. The van der Waals surface area contributed by atoms with E-state index in [1.807, 2.05) is 6.07 Å². The number of quaternary nitrogens is 1. The molecule has 7 rings (SSSR count). The summed E-state index contributed by atoms with van der Waals surface area (Å²) in [7, 11) is 3.78. The highest BCUT2D eigenvalue weighted by Crippen LogP contribution is 2.73. The van der Waals surface area contributed by atoms with Gasteiger partial charge in [-0.25, -0.2) is 0 Å². The Morgan fingerprint density at radius 1 is 1.41 bits per heavy atom. The van der Waals surface area contributed by atoms with E-state index in [4.69, 9.17) is 4.74 Å². The number of nitrogens with zero attached hydrogens (tertiary/aromatic N) is 1. The Balaban J connectivity index is 1.68. The summed E-state index contributed by atoms with van der Waals surface area (Å²) >= 11 is 0. The number of hydrogen-bond acceptors (Lipinski definition) is 4. The molecule has 5 fully saturated rings. The number of likely N-dealkylation sites (N-methyl/N-ethyl adjacent to an activating group) is 1. The van der Waals surface area contributed by atoms with Crippen molar-refractivity contribution in [2.45, 2.75) is 49.4 Å². The fourth-order valence-corrected chi connectivity index (χ4v) is 8.23. The maximum absolute atomic E-state index is 13.4. The maximum Gasteiger partial charge on any atom is 0.321 e. The highest BCUT2D eigenvalue weighted by Gasteiger charge is 2.87. The third kappa shape index (κ3) is 1.37. The van der Waals surface area contributed by atoms with Gasteiger partial charge in [0.05, 0.1) is 31.7 Å². The SMILES string of the molecule is C/C=C1\C[N+]2(C)[C@@H]3C[C@@]45c6ccccc6N[C@H]4[C@@H]2C[C@@H]1[C@@]3(C(=O)OC)[C@@H]5O. The lowest BCUT2D eigenvalue weighted by Crippen LogP contribution is -2.79. The van der Waals surface area contributed by atoms with Gasteiger partial charge in [0.2, 0.25) is 0 Å². The molecule has 1 aromatic carbocycles. The van der Waals surface area contributed by atoms with E-state index in [-0.39, 0.29) is 24.0 Å². The highest BCUT2D eigenvalue weighted by molar-refractivity contribution is 5.83. The lowest BCUT2D eigenvalue weighted by molar-refractivity contribution is -0.975. The first kappa shape index (κ1) is 16.1. The van der Waals surface area contributed by atoms with Crippen LogP contribution in [-0.4, -0.2) is 60.5 Å². The van der Waals surface area contributed by atoms with Crippen LogP contribution in [0.25, 0.3) is 0 Å². The number of aliphatic hydroxyl groups excluding tert-OH is 1. The van der Waals surface area contributed by atoms with Gasteiger partial charge in [0.15, 0.2) is 5.41 Å². The Labute approximate surface area is 159 Å². The molecule has 2 N–H and O–H groups in total. The van der Waals surface area contributed by atoms with Crippen LogP contribution in [0, 0.1) is 11.3 Å². The first-order valence-corrected chi connectivity index (χ1v) is 10.1. The van der Waals surface area contributed by atoms with Crippen molar-refractivity contribution in [2.24, 2.45) is 11.3 Å². The van der Waals surface area contributed by atoms with E-state index in [2.05, 4.69) is 43.6 Å². The van der Waals surface area contributed by atoms with E-state index < -0.39 is 16.9 Å². The maximum atomic E-state index is 13.4. The number of anilines is 1. The van der Waals surface area contributed by atoms with E-state index >= 15 is 0 Å². The summed E-state index contributed by atoms with van der Waals surface area (Å²) < 4.78 is 6.24. The summed E-state index contributed by atoms with van der Waals surface area (Å²) in [5.74, 6) is -0.132. The van der Waals surface area contributed by atoms with Crippen LogP contribution in [0.4, 0.5) is 5.69 Å². The standard InChI is InChI=1S/C22H27N2O3/c1-4-12-11-24(2)16-9-14(12)22(20(26)27-3)17(24)10-21(19(22)25)13-7-5-6-8-15(13)23-18(16)21/h4-8,14,16-19,23,25H,9-11H2,1-3H3/q+1/b12-4+/t14-,16-,17+,18-,19+,21+,22-,24?/m0/s1. The number of ether oxygens (including phenoxy) is 1. The van der Waals surface area contributed by atoms with E-state index in [9.17, 15) is 9.90 Å². The molecule has 0 radical (unpaired) electrons. The molecule has 1 saturated carbocycles. The van der Waals surface area contributed by atoms with E-state index in [1.54, 1.807) is 0 Å². The summed E-state index contributed by atoms with van der Waals surface area (Å²) in [6, 6.07) is 9.05. The molecular weight excluding hydrogens is 340 g/mol. The van der Waals surface area contributed by atoms with E-state index in [0.717, 1.165) is 29.6 Å². The van der Waals surface area contributed by atoms with Crippen molar-refractivity contribution in [1.82, 2.24) is 0 Å². The fraction of sp³-hybridized carbons (Fsp3) is 0.591. The van der Waals surface area contributed by atoms with Crippen LogP contribution in [0.2, 0.25) is 0 Å². The second-order valence-corrected chi connectivity index (χ2v) is 9.48. The Kier molecular flexibility index (Phi) is 2.74. The van der Waals surface area contributed by atoms with Crippen LogP contribution in [0.5, 0.6) is 0 Å². The van der Waals surface area contributed by atoms with Crippen LogP contribution >= 0.6 is 0 Å². The normalized spacial score (nSPS) is 51.9. The quantitative estimate of drug-likeness (QED) is 0.452. The number of benzene rings is 1. The molecule has 6 aliphatic rings. The zero-order chi connectivity index (χ0) is 18.8. The third-order valence-electron chi connectivity index (χ3n) is 9.11. The van der Waals surface area contributed by atoms with Gasteiger partial charge >= 0.3 is 5.97 Å². The van der Waals surface area contributed by atoms with Gasteiger partial charge in [-0.1, -0.05) is 24.3 Å². The monoisotopic (exact) mass is 367 g/mol. The second-order valence-electron chi connectivity index (χ2n) is 9.48. The van der Waals surface area contributed by atoms with Gasteiger partial charge in [-0.3, -0.25) is 4.79 Å². The molecule has 5 heteroatoms. The molecule has 1 aromatic rings. The van der Waals surface area contributed by atoms with Gasteiger partial charge < -0.3 is 19.6 Å². The van der Waals surface area contributed by atoms with Gasteiger partial charge in [-0.05, 0) is 24.1 Å². The third-order valence-corrected chi connectivity index (χ3v) is 9.11. The summed E-state index contributed by atoms with van der Waals surface area (Å²) in [5, 5.41) is 15.8. The number of aliphatic hydroxyl groups is 1. The van der Waals surface area contributed by atoms with Crippen LogP contribution in [0.15, 0.2) is 35.9 Å². The molecule has 5 bridgehead atoms. The van der Waals surface area contributed by atoms with Crippen molar-refractivity contribution >= 4 is 11.7 Å². The number of allylic oxidation sites excluding steroid dienone is 1. The lowest BCUT2D eigenvalue weighted by Gasteiger charge is -2.64. The minimum atomic E-state index is -0.839. The molecule has 1 spiro atoms. The average molecular weight is 367 g/mol. The largest absolute Gasteiger partial charge is 0.468 e. The molecule has 1 unspecified atom stereocenters. The zero-order valence-corrected chi connectivity index (χ0v) is 16.1. The Hall–Kier alpha value is -1.85. The van der Waals surface area contributed by atoms with Crippen molar-refractivity contribution in [3.05, 3.63) is 41.5 Å². The first-order chi connectivity index (χ1) is 13.0. The number of nitrogens with one attached hydrogen (secondary N) is 1. The number of carbonyl (C=O) groups excluding carboxylic acids is 1. The molecule has 8 atom stereocenters.